The second-order valence-corrected chi connectivity index (χ2v) is 4.22. The highest BCUT2D eigenvalue weighted by Crippen LogP contribution is 2.14. The second-order valence-electron chi connectivity index (χ2n) is 4.22. The van der Waals surface area contributed by atoms with Crippen LogP contribution < -0.4 is 0 Å². The molecule has 0 atom stereocenters. The molecule has 3 heteroatoms. The number of aryl methyl sites for hydroxylation is 1. The van der Waals surface area contributed by atoms with Crippen molar-refractivity contribution in [2.24, 2.45) is 0 Å². The van der Waals surface area contributed by atoms with Crippen LogP contribution in [0.1, 0.15) is 21.7 Å². The van der Waals surface area contributed by atoms with E-state index in [-0.39, 0.29) is 5.78 Å². The number of ketones is 1. The van der Waals surface area contributed by atoms with Crippen LogP contribution in [0, 0.1) is 6.92 Å². The minimum absolute atomic E-state index is 0.0423. The van der Waals surface area contributed by atoms with Crippen molar-refractivity contribution in [3.63, 3.8) is 0 Å². The van der Waals surface area contributed by atoms with E-state index < -0.39 is 0 Å². The molecule has 0 aliphatic carbocycles. The van der Waals surface area contributed by atoms with Gasteiger partial charge in [-0.25, -0.2) is 4.98 Å². The van der Waals surface area contributed by atoms with Crippen LogP contribution in [0.5, 0.6) is 0 Å². The molecule has 0 saturated carbocycles. The molecule has 0 aliphatic heterocycles. The van der Waals surface area contributed by atoms with E-state index in [0.29, 0.717) is 11.4 Å². The molecule has 2 aromatic heterocycles. The maximum atomic E-state index is 12.5. The summed E-state index contributed by atoms with van der Waals surface area (Å²) in [6, 6.07) is 13.3. The van der Waals surface area contributed by atoms with Crippen LogP contribution in [0.2, 0.25) is 0 Å². The number of imidazole rings is 1. The molecular formula is C15H12N2O. The van der Waals surface area contributed by atoms with Crippen LogP contribution in [0.15, 0.2) is 54.9 Å². The molecule has 3 nitrogen and oxygen atoms in total. The Bertz CT molecular complexity index is 728. The van der Waals surface area contributed by atoms with Gasteiger partial charge >= 0.3 is 0 Å². The zero-order valence-corrected chi connectivity index (χ0v) is 10.00. The number of fused-ring (bicyclic) bond motifs is 1. The number of hydrogen-bond acceptors (Lipinski definition) is 2. The molecule has 2 heterocycles. The van der Waals surface area contributed by atoms with Crippen LogP contribution in [-0.2, 0) is 0 Å². The lowest BCUT2D eigenvalue weighted by Gasteiger charge is -2.03. The molecule has 88 valence electrons. The van der Waals surface area contributed by atoms with Crippen molar-refractivity contribution < 1.29 is 4.79 Å². The Balaban J connectivity index is 2.16. The fourth-order valence-electron chi connectivity index (χ4n) is 2.06. The number of benzene rings is 1. The van der Waals surface area contributed by atoms with Crippen LogP contribution in [0.4, 0.5) is 0 Å². The normalized spacial score (nSPS) is 10.7. The maximum absolute atomic E-state index is 12.5. The predicted octanol–water partition coefficient (Wildman–Crippen LogP) is 2.87. The Morgan fingerprint density at radius 2 is 1.89 bits per heavy atom. The first-order chi connectivity index (χ1) is 8.77. The Labute approximate surface area is 105 Å². The largest absolute Gasteiger partial charge is 0.297 e. The maximum Gasteiger partial charge on any atom is 0.229 e. The summed E-state index contributed by atoms with van der Waals surface area (Å²) in [7, 11) is 0. The lowest BCUT2D eigenvalue weighted by molar-refractivity contribution is 0.102. The van der Waals surface area contributed by atoms with Gasteiger partial charge in [0.2, 0.25) is 5.78 Å². The molecule has 3 rings (SSSR count). The lowest BCUT2D eigenvalue weighted by atomic mass is 10.0. The summed E-state index contributed by atoms with van der Waals surface area (Å²) >= 11 is 0. The van der Waals surface area contributed by atoms with Gasteiger partial charge in [0.25, 0.3) is 0 Å². The summed E-state index contributed by atoms with van der Waals surface area (Å²) < 4.78 is 1.81. The molecule has 0 spiro atoms. The van der Waals surface area contributed by atoms with Gasteiger partial charge in [-0.1, -0.05) is 30.3 Å². The van der Waals surface area contributed by atoms with E-state index in [2.05, 4.69) is 4.98 Å². The molecule has 0 unspecified atom stereocenters. The van der Waals surface area contributed by atoms with Gasteiger partial charge in [0.15, 0.2) is 5.82 Å². The van der Waals surface area contributed by atoms with Gasteiger partial charge in [-0.3, -0.25) is 9.20 Å². The van der Waals surface area contributed by atoms with Crippen molar-refractivity contribution in [2.75, 3.05) is 0 Å². The molecule has 0 saturated heterocycles. The summed E-state index contributed by atoms with van der Waals surface area (Å²) in [5.41, 5.74) is 2.60. The fourth-order valence-corrected chi connectivity index (χ4v) is 2.06. The van der Waals surface area contributed by atoms with Gasteiger partial charge in [0.1, 0.15) is 0 Å². The molecule has 0 amide bonds. The van der Waals surface area contributed by atoms with E-state index in [1.165, 1.54) is 0 Å². The molecule has 0 radical (unpaired) electrons. The monoisotopic (exact) mass is 236 g/mol. The van der Waals surface area contributed by atoms with Crippen LogP contribution in [0.3, 0.4) is 0 Å². The van der Waals surface area contributed by atoms with Gasteiger partial charge in [0.05, 0.1) is 11.7 Å². The summed E-state index contributed by atoms with van der Waals surface area (Å²) in [5, 5.41) is 0. The predicted molar refractivity (Wildman–Crippen MR) is 69.8 cm³/mol. The number of carbonyl (C=O) groups is 1. The SMILES string of the molecule is Cc1ccccc1C(=O)c1ncc2ccccn12. The third kappa shape index (κ3) is 1.61. The van der Waals surface area contributed by atoms with E-state index in [4.69, 9.17) is 0 Å². The highest BCUT2D eigenvalue weighted by atomic mass is 16.1. The molecule has 18 heavy (non-hydrogen) atoms. The molecule has 3 aromatic rings. The summed E-state index contributed by atoms with van der Waals surface area (Å²) in [5.74, 6) is 0.416. The zero-order chi connectivity index (χ0) is 12.5. The molecule has 0 N–H and O–H groups in total. The zero-order valence-electron chi connectivity index (χ0n) is 10.00. The number of hydrogen-bond donors (Lipinski definition) is 0. The first-order valence-corrected chi connectivity index (χ1v) is 5.80. The van der Waals surface area contributed by atoms with Crippen LogP contribution in [-0.4, -0.2) is 15.2 Å². The summed E-state index contributed by atoms with van der Waals surface area (Å²) in [4.78, 5) is 16.7. The van der Waals surface area contributed by atoms with Crippen molar-refractivity contribution >= 4 is 11.3 Å². The summed E-state index contributed by atoms with van der Waals surface area (Å²) in [6.45, 7) is 1.93. The van der Waals surface area contributed by atoms with Crippen molar-refractivity contribution in [3.05, 3.63) is 71.8 Å². The average molecular weight is 236 g/mol. The van der Waals surface area contributed by atoms with E-state index in [1.54, 1.807) is 6.20 Å². The molecule has 0 bridgehead atoms. The molecular weight excluding hydrogens is 224 g/mol. The Morgan fingerprint density at radius 3 is 2.72 bits per heavy atom. The Hall–Kier alpha value is -2.42. The first-order valence-electron chi connectivity index (χ1n) is 5.80. The quantitative estimate of drug-likeness (QED) is 0.641. The van der Waals surface area contributed by atoms with Gasteiger partial charge in [0, 0.05) is 11.8 Å². The average Bonchev–Trinajstić information content (AvgIpc) is 2.82. The Morgan fingerprint density at radius 1 is 1.11 bits per heavy atom. The third-order valence-corrected chi connectivity index (χ3v) is 3.03. The van der Waals surface area contributed by atoms with Gasteiger partial charge < -0.3 is 0 Å². The lowest BCUT2D eigenvalue weighted by Crippen LogP contribution is -2.08. The minimum Gasteiger partial charge on any atom is -0.297 e. The Kier molecular flexibility index (Phi) is 2.45. The first kappa shape index (κ1) is 10.7. The van der Waals surface area contributed by atoms with E-state index in [9.17, 15) is 4.79 Å². The molecule has 0 fully saturated rings. The standard InChI is InChI=1S/C15H12N2O/c1-11-6-2-3-8-13(11)14(18)15-16-10-12-7-4-5-9-17(12)15/h2-10H,1H3. The summed E-state index contributed by atoms with van der Waals surface area (Å²) in [6.07, 6.45) is 3.57. The van der Waals surface area contributed by atoms with Crippen molar-refractivity contribution in [1.82, 2.24) is 9.38 Å². The number of nitrogens with zero attached hydrogens (tertiary/aromatic N) is 2. The van der Waals surface area contributed by atoms with E-state index >= 15 is 0 Å². The number of rotatable bonds is 2. The van der Waals surface area contributed by atoms with Gasteiger partial charge in [-0.15, -0.1) is 0 Å². The van der Waals surface area contributed by atoms with Crippen LogP contribution in [0.25, 0.3) is 5.52 Å². The van der Waals surface area contributed by atoms with Crippen LogP contribution >= 0.6 is 0 Å². The number of pyridine rings is 1. The smallest absolute Gasteiger partial charge is 0.229 e. The van der Waals surface area contributed by atoms with Crippen molar-refractivity contribution in [1.29, 1.82) is 0 Å². The van der Waals surface area contributed by atoms with Crippen molar-refractivity contribution in [3.8, 4) is 0 Å². The van der Waals surface area contributed by atoms with E-state index in [0.717, 1.165) is 11.1 Å². The van der Waals surface area contributed by atoms with Crippen molar-refractivity contribution in [2.45, 2.75) is 6.92 Å². The number of aromatic nitrogens is 2. The second kappa shape index (κ2) is 4.11. The van der Waals surface area contributed by atoms with E-state index in [1.807, 2.05) is 60.0 Å². The van der Waals surface area contributed by atoms with Gasteiger partial charge in [-0.05, 0) is 24.6 Å². The topological polar surface area (TPSA) is 34.4 Å². The molecule has 1 aromatic carbocycles. The number of carbonyl (C=O) groups excluding carboxylic acids is 1. The third-order valence-electron chi connectivity index (χ3n) is 3.03. The molecule has 0 aliphatic rings. The highest BCUT2D eigenvalue weighted by molar-refractivity contribution is 6.08. The highest BCUT2D eigenvalue weighted by Gasteiger charge is 2.16. The van der Waals surface area contributed by atoms with Gasteiger partial charge in [-0.2, -0.15) is 0 Å². The fraction of sp³-hybridized carbons (Fsp3) is 0.0667. The minimum atomic E-state index is -0.0423.